The van der Waals surface area contributed by atoms with E-state index in [1.807, 2.05) is 12.1 Å². The van der Waals surface area contributed by atoms with Crippen LogP contribution in [0.3, 0.4) is 0 Å². The highest BCUT2D eigenvalue weighted by molar-refractivity contribution is 9.11. The maximum absolute atomic E-state index is 11.5. The molecule has 0 bridgehead atoms. The van der Waals surface area contributed by atoms with Gasteiger partial charge in [-0.15, -0.1) is 0 Å². The fourth-order valence-corrected chi connectivity index (χ4v) is 6.98. The van der Waals surface area contributed by atoms with Crippen LogP contribution in [0.2, 0.25) is 0 Å². The van der Waals surface area contributed by atoms with E-state index in [1.54, 1.807) is 12.1 Å². The van der Waals surface area contributed by atoms with Crippen LogP contribution in [-0.4, -0.2) is 14.1 Å². The molecule has 2 heterocycles. The number of nitrogens with zero attached hydrogens (tertiary/aromatic N) is 3. The van der Waals surface area contributed by atoms with Crippen molar-refractivity contribution in [1.29, 1.82) is 0 Å². The molecule has 0 aliphatic carbocycles. The van der Waals surface area contributed by atoms with Crippen molar-refractivity contribution in [2.24, 2.45) is 0 Å². The number of aromatic nitrogens is 2. The van der Waals surface area contributed by atoms with Crippen molar-refractivity contribution in [2.45, 2.75) is 0 Å². The Balaban J connectivity index is 1.71. The van der Waals surface area contributed by atoms with Crippen LogP contribution in [0, 0.1) is 10.1 Å². The maximum atomic E-state index is 11.5. The van der Waals surface area contributed by atoms with Gasteiger partial charge in [-0.05, 0) is 62.2 Å². The first-order valence-electron chi connectivity index (χ1n) is 11.7. The number of rotatable bonds is 3. The molecule has 0 aliphatic heterocycles. The number of para-hydroxylation sites is 3. The predicted octanol–water partition coefficient (Wildman–Crippen LogP) is 9.31. The van der Waals surface area contributed by atoms with Gasteiger partial charge in [0.1, 0.15) is 0 Å². The highest BCUT2D eigenvalue weighted by Crippen LogP contribution is 2.44. The summed E-state index contributed by atoms with van der Waals surface area (Å²) in [6.07, 6.45) is 0. The topological polar surface area (TPSA) is 53.0 Å². The molecule has 7 rings (SSSR count). The molecule has 5 nitrogen and oxygen atoms in total. The van der Waals surface area contributed by atoms with Crippen LogP contribution in [-0.2, 0) is 0 Å². The molecule has 0 amide bonds. The van der Waals surface area contributed by atoms with Gasteiger partial charge < -0.3 is 9.13 Å². The van der Waals surface area contributed by atoms with Crippen molar-refractivity contribution in [1.82, 2.24) is 9.13 Å². The van der Waals surface area contributed by atoms with Crippen molar-refractivity contribution >= 4 is 81.2 Å². The van der Waals surface area contributed by atoms with E-state index in [-0.39, 0.29) is 10.6 Å². The normalized spacial score (nSPS) is 11.7. The highest BCUT2D eigenvalue weighted by atomic mass is 79.9. The zero-order valence-corrected chi connectivity index (χ0v) is 22.4. The summed E-state index contributed by atoms with van der Waals surface area (Å²) in [6.45, 7) is 0. The van der Waals surface area contributed by atoms with Crippen LogP contribution in [0.15, 0.2) is 112 Å². The zero-order chi connectivity index (χ0) is 25.3. The van der Waals surface area contributed by atoms with Crippen molar-refractivity contribution in [3.05, 3.63) is 122 Å². The molecule has 0 saturated heterocycles. The van der Waals surface area contributed by atoms with E-state index < -0.39 is 0 Å². The Hall–Kier alpha value is -3.94. The van der Waals surface area contributed by atoms with Gasteiger partial charge in [-0.3, -0.25) is 10.1 Å². The average Bonchev–Trinajstić information content (AvgIpc) is 3.42. The number of non-ortho nitro benzene ring substituents is 1. The van der Waals surface area contributed by atoms with Crippen molar-refractivity contribution in [3.63, 3.8) is 0 Å². The first-order chi connectivity index (χ1) is 18.0. The molecule has 37 heavy (non-hydrogen) atoms. The average molecular weight is 611 g/mol. The molecule has 178 valence electrons. The Morgan fingerprint density at radius 1 is 0.622 bits per heavy atom. The van der Waals surface area contributed by atoms with Gasteiger partial charge in [0, 0.05) is 48.3 Å². The van der Waals surface area contributed by atoms with E-state index in [2.05, 4.69) is 120 Å². The summed E-state index contributed by atoms with van der Waals surface area (Å²) in [5.41, 5.74) is 6.25. The third-order valence-electron chi connectivity index (χ3n) is 6.92. The minimum atomic E-state index is -0.382. The zero-order valence-electron chi connectivity index (χ0n) is 19.2. The minimum Gasteiger partial charge on any atom is -0.309 e. The van der Waals surface area contributed by atoms with Crippen molar-refractivity contribution in [2.75, 3.05) is 0 Å². The van der Waals surface area contributed by atoms with Crippen LogP contribution < -0.4 is 0 Å². The molecular formula is C30H17Br2N3O2. The maximum Gasteiger partial charge on any atom is 0.271 e. The monoisotopic (exact) mass is 609 g/mol. The fourth-order valence-electron chi connectivity index (χ4n) is 5.47. The summed E-state index contributed by atoms with van der Waals surface area (Å²) in [7, 11) is 0. The lowest BCUT2D eigenvalue weighted by molar-refractivity contribution is -0.385. The molecule has 7 aromatic rings. The SMILES string of the molecule is O=[N+]([O-])c1cc(Br)c(-n2c3ccccc3c3c2ccc2c4ccccc4n(-c4ccccc4)c23)c(Br)c1. The summed E-state index contributed by atoms with van der Waals surface area (Å²) in [5, 5.41) is 16.1. The van der Waals surface area contributed by atoms with Gasteiger partial charge in [0.2, 0.25) is 0 Å². The van der Waals surface area contributed by atoms with Gasteiger partial charge in [0.15, 0.2) is 0 Å². The summed E-state index contributed by atoms with van der Waals surface area (Å²) in [6, 6.07) is 34.7. The van der Waals surface area contributed by atoms with E-state index in [0.29, 0.717) is 8.95 Å². The van der Waals surface area contributed by atoms with Crippen molar-refractivity contribution in [3.8, 4) is 11.4 Å². The summed E-state index contributed by atoms with van der Waals surface area (Å²) >= 11 is 7.26. The smallest absolute Gasteiger partial charge is 0.271 e. The van der Waals surface area contributed by atoms with E-state index in [0.717, 1.165) is 44.2 Å². The lowest BCUT2D eigenvalue weighted by Gasteiger charge is -2.13. The van der Waals surface area contributed by atoms with Crippen LogP contribution in [0.25, 0.3) is 55.0 Å². The number of hydrogen-bond donors (Lipinski definition) is 0. The second-order valence-corrected chi connectivity index (χ2v) is 10.6. The quantitative estimate of drug-likeness (QED) is 0.148. The summed E-state index contributed by atoms with van der Waals surface area (Å²) < 4.78 is 5.79. The van der Waals surface area contributed by atoms with Crippen LogP contribution in [0.5, 0.6) is 0 Å². The van der Waals surface area contributed by atoms with Crippen molar-refractivity contribution < 1.29 is 4.92 Å². The molecule has 0 radical (unpaired) electrons. The van der Waals surface area contributed by atoms with E-state index in [9.17, 15) is 10.1 Å². The largest absolute Gasteiger partial charge is 0.309 e. The lowest BCUT2D eigenvalue weighted by atomic mass is 10.1. The van der Waals surface area contributed by atoms with Gasteiger partial charge >= 0.3 is 0 Å². The van der Waals surface area contributed by atoms with Gasteiger partial charge in [0.25, 0.3) is 5.69 Å². The molecule has 2 aromatic heterocycles. The van der Waals surface area contributed by atoms with Gasteiger partial charge in [-0.25, -0.2) is 0 Å². The fraction of sp³-hybridized carbons (Fsp3) is 0. The number of benzene rings is 5. The third kappa shape index (κ3) is 3.21. The molecule has 5 aromatic carbocycles. The third-order valence-corrected chi connectivity index (χ3v) is 8.13. The second kappa shape index (κ2) is 8.30. The molecule has 0 unspecified atom stereocenters. The minimum absolute atomic E-state index is 0.0230. The number of fused-ring (bicyclic) bond motifs is 7. The summed E-state index contributed by atoms with van der Waals surface area (Å²) in [5.74, 6) is 0. The molecule has 0 spiro atoms. The van der Waals surface area contributed by atoms with Crippen LogP contribution >= 0.6 is 31.9 Å². The first-order valence-corrected chi connectivity index (χ1v) is 13.3. The standard InChI is InChI=1S/C30H17Br2N3O2/c31-23-16-19(35(36)37)17-24(32)30(23)34-26-13-7-5-11-22(26)28-27(34)15-14-21-20-10-4-6-12-25(20)33(29(21)28)18-8-2-1-3-9-18/h1-17H. The second-order valence-electron chi connectivity index (χ2n) is 8.91. The van der Waals surface area contributed by atoms with E-state index >= 15 is 0 Å². The van der Waals surface area contributed by atoms with Crippen LogP contribution in [0.4, 0.5) is 5.69 Å². The van der Waals surface area contributed by atoms with Gasteiger partial charge in [-0.1, -0.05) is 60.7 Å². The Labute approximate surface area is 227 Å². The molecule has 7 heteroatoms. The summed E-state index contributed by atoms with van der Waals surface area (Å²) in [4.78, 5) is 11.1. The number of nitro groups is 1. The lowest BCUT2D eigenvalue weighted by Crippen LogP contribution is -1.99. The first kappa shape index (κ1) is 22.3. The van der Waals surface area contributed by atoms with E-state index in [1.165, 1.54) is 10.8 Å². The predicted molar refractivity (Wildman–Crippen MR) is 157 cm³/mol. The number of halogens is 2. The van der Waals surface area contributed by atoms with Crippen LogP contribution in [0.1, 0.15) is 0 Å². The Kier molecular flexibility index (Phi) is 4.99. The molecular weight excluding hydrogens is 594 g/mol. The Morgan fingerprint density at radius 2 is 1.22 bits per heavy atom. The molecule has 0 saturated carbocycles. The van der Waals surface area contributed by atoms with Gasteiger partial charge in [-0.2, -0.15) is 0 Å². The Bertz CT molecular complexity index is 2020. The van der Waals surface area contributed by atoms with E-state index in [4.69, 9.17) is 0 Å². The molecule has 0 atom stereocenters. The highest BCUT2D eigenvalue weighted by Gasteiger charge is 2.23. The number of hydrogen-bond acceptors (Lipinski definition) is 2. The molecule has 0 N–H and O–H groups in total. The Morgan fingerprint density at radius 3 is 1.89 bits per heavy atom. The van der Waals surface area contributed by atoms with Gasteiger partial charge in [0.05, 0.1) is 32.7 Å². The molecule has 0 fully saturated rings. The molecule has 0 aliphatic rings. The number of nitro benzene ring substituents is 1.